The van der Waals surface area contributed by atoms with Crippen molar-refractivity contribution in [1.82, 2.24) is 14.3 Å². The van der Waals surface area contributed by atoms with E-state index in [0.717, 1.165) is 5.69 Å². The normalized spacial score (nSPS) is 16.7. The molecule has 0 amide bonds. The Bertz CT molecular complexity index is 746. The van der Waals surface area contributed by atoms with E-state index in [0.29, 0.717) is 31.2 Å². The van der Waals surface area contributed by atoms with E-state index in [1.807, 2.05) is 6.07 Å². The molecule has 22 heavy (non-hydrogen) atoms. The Morgan fingerprint density at radius 1 is 1.00 bits per heavy atom. The van der Waals surface area contributed by atoms with Gasteiger partial charge in [-0.25, -0.2) is 8.42 Å². The number of anilines is 1. The van der Waals surface area contributed by atoms with Crippen molar-refractivity contribution in [2.24, 2.45) is 0 Å². The third kappa shape index (κ3) is 2.92. The van der Waals surface area contributed by atoms with Gasteiger partial charge in [0, 0.05) is 51.0 Å². The molecule has 2 aromatic heterocycles. The van der Waals surface area contributed by atoms with E-state index in [1.165, 1.54) is 10.5 Å². The Morgan fingerprint density at radius 3 is 2.36 bits per heavy atom. The van der Waals surface area contributed by atoms with Gasteiger partial charge in [0.2, 0.25) is 10.0 Å². The number of sulfonamides is 1. The van der Waals surface area contributed by atoms with Crippen LogP contribution in [0, 0.1) is 0 Å². The minimum absolute atomic E-state index is 0.227. The zero-order chi connectivity index (χ0) is 15.6. The molecule has 1 aliphatic rings. The lowest BCUT2D eigenvalue weighted by molar-refractivity contribution is 0.385. The summed E-state index contributed by atoms with van der Waals surface area (Å²) in [6, 6.07) is 5.03. The van der Waals surface area contributed by atoms with Gasteiger partial charge < -0.3 is 4.90 Å². The first-order valence-electron chi connectivity index (χ1n) is 6.84. The lowest BCUT2D eigenvalue weighted by Gasteiger charge is -2.35. The molecule has 6 nitrogen and oxygen atoms in total. The van der Waals surface area contributed by atoms with Crippen LogP contribution in [0.25, 0.3) is 0 Å². The molecule has 1 saturated heterocycles. The van der Waals surface area contributed by atoms with Crippen molar-refractivity contribution in [2.75, 3.05) is 31.1 Å². The molecule has 0 aliphatic carbocycles. The van der Waals surface area contributed by atoms with Gasteiger partial charge in [-0.05, 0) is 18.2 Å². The summed E-state index contributed by atoms with van der Waals surface area (Å²) in [5.74, 6) is 0. The Kier molecular flexibility index (Phi) is 4.28. The third-order valence-electron chi connectivity index (χ3n) is 3.60. The second kappa shape index (κ2) is 6.20. The lowest BCUT2D eigenvalue weighted by Crippen LogP contribution is -2.48. The number of hydrogen-bond acceptors (Lipinski definition) is 5. The van der Waals surface area contributed by atoms with Gasteiger partial charge in [0.1, 0.15) is 4.90 Å². The van der Waals surface area contributed by atoms with Gasteiger partial charge in [0.15, 0.2) is 0 Å². The highest BCUT2D eigenvalue weighted by atomic mass is 35.5. The van der Waals surface area contributed by atoms with E-state index in [4.69, 9.17) is 11.6 Å². The second-order valence-corrected chi connectivity index (χ2v) is 7.25. The molecule has 3 rings (SSSR count). The molecule has 0 aromatic carbocycles. The van der Waals surface area contributed by atoms with Crippen molar-refractivity contribution < 1.29 is 8.42 Å². The summed E-state index contributed by atoms with van der Waals surface area (Å²) in [6.07, 6.45) is 6.21. The molecule has 116 valence electrons. The maximum atomic E-state index is 12.5. The first-order valence-corrected chi connectivity index (χ1v) is 8.65. The van der Waals surface area contributed by atoms with Crippen LogP contribution in [-0.4, -0.2) is 48.9 Å². The van der Waals surface area contributed by atoms with Crippen molar-refractivity contribution in [1.29, 1.82) is 0 Å². The molecule has 0 spiro atoms. The van der Waals surface area contributed by atoms with Crippen molar-refractivity contribution >= 4 is 27.3 Å². The number of nitrogens with zero attached hydrogens (tertiary/aromatic N) is 4. The van der Waals surface area contributed by atoms with Crippen LogP contribution >= 0.6 is 11.6 Å². The third-order valence-corrected chi connectivity index (χ3v) is 5.78. The first kappa shape index (κ1) is 15.2. The van der Waals surface area contributed by atoms with Crippen molar-refractivity contribution in [3.63, 3.8) is 0 Å². The molecular weight excluding hydrogens is 324 g/mol. The van der Waals surface area contributed by atoms with E-state index in [9.17, 15) is 8.42 Å². The summed E-state index contributed by atoms with van der Waals surface area (Å²) in [6.45, 7) is 2.00. The van der Waals surface area contributed by atoms with Crippen LogP contribution in [0.15, 0.2) is 47.9 Å². The van der Waals surface area contributed by atoms with Crippen LogP contribution in [0.1, 0.15) is 0 Å². The zero-order valence-corrected chi connectivity index (χ0v) is 13.3. The van der Waals surface area contributed by atoms with E-state index in [1.54, 1.807) is 30.7 Å². The van der Waals surface area contributed by atoms with E-state index in [2.05, 4.69) is 14.9 Å². The minimum Gasteiger partial charge on any atom is -0.368 e. The van der Waals surface area contributed by atoms with Gasteiger partial charge in [-0.3, -0.25) is 9.97 Å². The molecule has 0 N–H and O–H groups in total. The SMILES string of the molecule is O=S(=O)(c1cccnc1)N1CCN(c2ccncc2Cl)CC1. The molecule has 0 radical (unpaired) electrons. The maximum Gasteiger partial charge on any atom is 0.244 e. The van der Waals surface area contributed by atoms with Crippen molar-refractivity contribution in [3.8, 4) is 0 Å². The standard InChI is InChI=1S/C14H15ClN4O2S/c15-13-11-17-5-3-14(13)18-6-8-19(9-7-18)22(20,21)12-2-1-4-16-10-12/h1-5,10-11H,6-9H2. The van der Waals surface area contributed by atoms with Crippen LogP contribution in [0.4, 0.5) is 5.69 Å². The van der Waals surface area contributed by atoms with Crippen LogP contribution in [0.2, 0.25) is 5.02 Å². The van der Waals surface area contributed by atoms with Gasteiger partial charge in [0.25, 0.3) is 0 Å². The summed E-state index contributed by atoms with van der Waals surface area (Å²) in [5, 5.41) is 0.575. The molecule has 1 aliphatic heterocycles. The number of pyridine rings is 2. The monoisotopic (exact) mass is 338 g/mol. The van der Waals surface area contributed by atoms with Crippen molar-refractivity contribution in [2.45, 2.75) is 4.90 Å². The molecule has 0 unspecified atom stereocenters. The Labute approximate surface area is 134 Å². The predicted octanol–water partition coefficient (Wildman–Crippen LogP) is 1.64. The molecule has 8 heteroatoms. The average Bonchev–Trinajstić information content (AvgIpc) is 2.56. The average molecular weight is 339 g/mol. The minimum atomic E-state index is -3.48. The van der Waals surface area contributed by atoms with Crippen LogP contribution in [-0.2, 0) is 10.0 Å². The number of halogens is 1. The lowest BCUT2D eigenvalue weighted by atomic mass is 10.3. The molecular formula is C14H15ClN4O2S. The van der Waals surface area contributed by atoms with E-state index in [-0.39, 0.29) is 4.90 Å². The number of rotatable bonds is 3. The molecule has 1 fully saturated rings. The highest BCUT2D eigenvalue weighted by molar-refractivity contribution is 7.89. The Hall–Kier alpha value is -1.70. The highest BCUT2D eigenvalue weighted by Crippen LogP contribution is 2.26. The fourth-order valence-corrected chi connectivity index (χ4v) is 4.07. The number of piperazine rings is 1. The summed E-state index contributed by atoms with van der Waals surface area (Å²) in [7, 11) is -3.48. The summed E-state index contributed by atoms with van der Waals surface area (Å²) in [4.78, 5) is 10.1. The van der Waals surface area contributed by atoms with Crippen molar-refractivity contribution in [3.05, 3.63) is 48.0 Å². The van der Waals surface area contributed by atoms with Gasteiger partial charge in [-0.1, -0.05) is 11.6 Å². The number of aromatic nitrogens is 2. The van der Waals surface area contributed by atoms with E-state index >= 15 is 0 Å². The number of hydrogen-bond donors (Lipinski definition) is 0. The van der Waals surface area contributed by atoms with Gasteiger partial charge in [0.05, 0.1) is 10.7 Å². The van der Waals surface area contributed by atoms with Gasteiger partial charge in [-0.15, -0.1) is 0 Å². The van der Waals surface area contributed by atoms with Gasteiger partial charge in [-0.2, -0.15) is 4.31 Å². The first-order chi connectivity index (χ1) is 10.6. The topological polar surface area (TPSA) is 66.4 Å². The van der Waals surface area contributed by atoms with Crippen LogP contribution in [0.5, 0.6) is 0 Å². The fourth-order valence-electron chi connectivity index (χ4n) is 2.44. The van der Waals surface area contributed by atoms with E-state index < -0.39 is 10.0 Å². The summed E-state index contributed by atoms with van der Waals surface area (Å²) >= 11 is 6.14. The molecule has 2 aromatic rings. The largest absolute Gasteiger partial charge is 0.368 e. The predicted molar refractivity (Wildman–Crippen MR) is 84.5 cm³/mol. The summed E-state index contributed by atoms with van der Waals surface area (Å²) < 4.78 is 26.5. The molecule has 0 atom stereocenters. The second-order valence-electron chi connectivity index (χ2n) is 4.91. The fraction of sp³-hybridized carbons (Fsp3) is 0.286. The molecule has 0 saturated carbocycles. The molecule has 3 heterocycles. The quantitative estimate of drug-likeness (QED) is 0.851. The Balaban J connectivity index is 1.74. The molecule has 0 bridgehead atoms. The van der Waals surface area contributed by atoms with Gasteiger partial charge >= 0.3 is 0 Å². The maximum absolute atomic E-state index is 12.5. The van der Waals surface area contributed by atoms with Crippen LogP contribution in [0.3, 0.4) is 0 Å². The van der Waals surface area contributed by atoms with Crippen LogP contribution < -0.4 is 4.90 Å². The summed E-state index contributed by atoms with van der Waals surface area (Å²) in [5.41, 5.74) is 0.884. The Morgan fingerprint density at radius 2 is 1.73 bits per heavy atom. The smallest absolute Gasteiger partial charge is 0.244 e. The zero-order valence-electron chi connectivity index (χ0n) is 11.8. The highest BCUT2D eigenvalue weighted by Gasteiger charge is 2.29.